The SMILES string of the molecule is Fc1cc(F)cc(-c2n[nH]c3c2CN(C2CCN(c4ccccc4)C2)CC3)c1.O=C(O)C(F)(F)F.O=C(O)C(F)(F)F. The summed E-state index contributed by atoms with van der Waals surface area (Å²) in [5.41, 5.74) is 4.57. The molecule has 0 bridgehead atoms. The number of hydrogen-bond donors (Lipinski definition) is 3. The number of carboxylic acids is 2. The van der Waals surface area contributed by atoms with E-state index >= 15 is 0 Å². The van der Waals surface area contributed by atoms with Crippen LogP contribution in [0.5, 0.6) is 0 Å². The van der Waals surface area contributed by atoms with E-state index in [1.54, 1.807) is 0 Å². The number of para-hydroxylation sites is 1. The first-order valence-corrected chi connectivity index (χ1v) is 12.2. The van der Waals surface area contributed by atoms with E-state index in [1.165, 1.54) is 17.8 Å². The van der Waals surface area contributed by atoms with Gasteiger partial charge in [-0.25, -0.2) is 18.4 Å². The smallest absolute Gasteiger partial charge is 0.475 e. The molecule has 1 unspecified atom stereocenters. The zero-order chi connectivity index (χ0) is 31.2. The van der Waals surface area contributed by atoms with Crippen LogP contribution in [-0.4, -0.2) is 75.3 Å². The fraction of sp³-hybridized carbons (Fsp3) is 0.346. The van der Waals surface area contributed by atoms with Crippen LogP contribution >= 0.6 is 0 Å². The van der Waals surface area contributed by atoms with Gasteiger partial charge in [0.2, 0.25) is 0 Å². The van der Waals surface area contributed by atoms with E-state index in [4.69, 9.17) is 19.8 Å². The number of anilines is 1. The van der Waals surface area contributed by atoms with Crippen LogP contribution in [0.25, 0.3) is 11.3 Å². The van der Waals surface area contributed by atoms with Crippen molar-refractivity contribution in [3.63, 3.8) is 0 Å². The van der Waals surface area contributed by atoms with E-state index in [0.717, 1.165) is 56.3 Å². The summed E-state index contributed by atoms with van der Waals surface area (Å²) in [5.74, 6) is -6.66. The molecular weight excluding hydrogens is 584 g/mol. The van der Waals surface area contributed by atoms with Crippen molar-refractivity contribution in [1.82, 2.24) is 15.1 Å². The summed E-state index contributed by atoms with van der Waals surface area (Å²) in [5, 5.41) is 21.7. The lowest BCUT2D eigenvalue weighted by Gasteiger charge is -2.32. The summed E-state index contributed by atoms with van der Waals surface area (Å²) in [6.45, 7) is 3.78. The van der Waals surface area contributed by atoms with Crippen molar-refractivity contribution in [1.29, 1.82) is 0 Å². The van der Waals surface area contributed by atoms with Gasteiger partial charge in [0.15, 0.2) is 0 Å². The van der Waals surface area contributed by atoms with Crippen LogP contribution in [0.1, 0.15) is 17.7 Å². The molecule has 16 heteroatoms. The van der Waals surface area contributed by atoms with Crippen LogP contribution < -0.4 is 4.90 Å². The number of nitrogens with one attached hydrogen (secondary N) is 1. The highest BCUT2D eigenvalue weighted by Gasteiger charge is 2.39. The number of aromatic nitrogens is 2. The molecule has 1 saturated heterocycles. The fourth-order valence-electron chi connectivity index (χ4n) is 4.47. The molecule has 3 N–H and O–H groups in total. The average molecular weight is 608 g/mol. The zero-order valence-corrected chi connectivity index (χ0v) is 21.5. The molecule has 2 aliphatic heterocycles. The van der Waals surface area contributed by atoms with E-state index < -0.39 is 35.9 Å². The van der Waals surface area contributed by atoms with E-state index in [9.17, 15) is 35.1 Å². The molecule has 0 saturated carbocycles. The largest absolute Gasteiger partial charge is 0.490 e. The Morgan fingerprint density at radius 1 is 0.881 bits per heavy atom. The van der Waals surface area contributed by atoms with Gasteiger partial charge in [-0.1, -0.05) is 18.2 Å². The van der Waals surface area contributed by atoms with Crippen LogP contribution in [-0.2, 0) is 22.6 Å². The van der Waals surface area contributed by atoms with E-state index in [1.807, 2.05) is 6.07 Å². The normalized spacial score (nSPS) is 17.0. The van der Waals surface area contributed by atoms with Crippen molar-refractivity contribution in [3.05, 3.63) is 71.4 Å². The molecule has 1 atom stereocenters. The molecule has 0 spiro atoms. The van der Waals surface area contributed by atoms with Crippen molar-refractivity contribution in [2.24, 2.45) is 0 Å². The quantitative estimate of drug-likeness (QED) is 0.348. The maximum atomic E-state index is 13.7. The molecule has 1 aromatic heterocycles. The topological polar surface area (TPSA) is 110 Å². The number of hydrogen-bond acceptors (Lipinski definition) is 5. The van der Waals surface area contributed by atoms with Gasteiger partial charge in [-0.15, -0.1) is 0 Å². The van der Waals surface area contributed by atoms with Crippen molar-refractivity contribution in [2.45, 2.75) is 37.8 Å². The third kappa shape index (κ3) is 8.64. The molecule has 1 fully saturated rings. The first kappa shape index (κ1) is 32.3. The number of nitrogens with zero attached hydrogens (tertiary/aromatic N) is 3. The lowest BCUT2D eigenvalue weighted by atomic mass is 9.99. The molecule has 3 heterocycles. The predicted octanol–water partition coefficient (Wildman–Crippen LogP) is 5.26. The molecule has 0 amide bonds. The number of aromatic amines is 1. The molecule has 0 aliphatic carbocycles. The highest BCUT2D eigenvalue weighted by molar-refractivity contribution is 5.73. The Balaban J connectivity index is 0.000000289. The lowest BCUT2D eigenvalue weighted by Crippen LogP contribution is -2.41. The maximum absolute atomic E-state index is 13.7. The van der Waals surface area contributed by atoms with Gasteiger partial charge in [0.25, 0.3) is 0 Å². The standard InChI is InChI=1S/C22H22F2N4.2C2HF3O2/c23-16-10-15(11-17(24)12-16)22-20-14-28(9-7-21(20)25-26-22)19-6-8-27(13-19)18-4-2-1-3-5-18;2*3-2(4,5)1(6)7/h1-5,10-12,19H,6-9,13-14H2,(H,25,26);2*(H,6,7). The minimum atomic E-state index is -5.08. The number of fused-ring (bicyclic) bond motifs is 1. The number of H-pyrrole nitrogens is 1. The van der Waals surface area contributed by atoms with Crippen molar-refractivity contribution >= 4 is 17.6 Å². The van der Waals surface area contributed by atoms with Crippen LogP contribution in [0, 0.1) is 11.6 Å². The zero-order valence-electron chi connectivity index (χ0n) is 21.5. The van der Waals surface area contributed by atoms with Gasteiger partial charge in [-0.2, -0.15) is 31.4 Å². The molecular formula is C26H24F8N4O4. The summed E-state index contributed by atoms with van der Waals surface area (Å²) in [6, 6.07) is 14.6. The third-order valence-electron chi connectivity index (χ3n) is 6.39. The number of carbonyl (C=O) groups is 2. The second-order valence-electron chi connectivity index (χ2n) is 9.24. The highest BCUT2D eigenvalue weighted by atomic mass is 19.4. The summed E-state index contributed by atoms with van der Waals surface area (Å²) in [6.07, 6.45) is -8.17. The molecule has 3 aromatic rings. The molecule has 5 rings (SSSR count). The van der Waals surface area contributed by atoms with Gasteiger partial charge in [-0.3, -0.25) is 10.00 Å². The monoisotopic (exact) mass is 608 g/mol. The Hall–Kier alpha value is -4.21. The fourth-order valence-corrected chi connectivity index (χ4v) is 4.47. The minimum Gasteiger partial charge on any atom is -0.475 e. The van der Waals surface area contributed by atoms with Gasteiger partial charge >= 0.3 is 24.3 Å². The van der Waals surface area contributed by atoms with E-state index in [0.29, 0.717) is 17.3 Å². The molecule has 2 aromatic carbocycles. The number of benzene rings is 2. The maximum Gasteiger partial charge on any atom is 0.490 e. The van der Waals surface area contributed by atoms with Gasteiger partial charge in [0.05, 0.1) is 5.69 Å². The average Bonchev–Trinajstić information content (AvgIpc) is 3.56. The number of rotatable bonds is 3. The first-order valence-electron chi connectivity index (χ1n) is 12.2. The van der Waals surface area contributed by atoms with E-state index in [2.05, 4.69) is 44.3 Å². The van der Waals surface area contributed by atoms with Crippen LogP contribution in [0.15, 0.2) is 48.5 Å². The second-order valence-corrected chi connectivity index (χ2v) is 9.24. The number of aliphatic carboxylic acids is 2. The Labute approximate surface area is 233 Å². The van der Waals surface area contributed by atoms with Crippen molar-refractivity contribution < 1.29 is 54.9 Å². The second kappa shape index (κ2) is 13.2. The van der Waals surface area contributed by atoms with Crippen LogP contribution in [0.3, 0.4) is 0 Å². The van der Waals surface area contributed by atoms with Crippen molar-refractivity contribution in [2.75, 3.05) is 24.5 Å². The first-order chi connectivity index (χ1) is 19.6. The summed E-state index contributed by atoms with van der Waals surface area (Å²) < 4.78 is 90.8. The lowest BCUT2D eigenvalue weighted by molar-refractivity contribution is -0.193. The van der Waals surface area contributed by atoms with Gasteiger partial charge < -0.3 is 15.1 Å². The molecule has 42 heavy (non-hydrogen) atoms. The molecule has 8 nitrogen and oxygen atoms in total. The molecule has 228 valence electrons. The number of halogens is 8. The van der Waals surface area contributed by atoms with Crippen molar-refractivity contribution in [3.8, 4) is 11.3 Å². The minimum absolute atomic E-state index is 0.473. The van der Waals surface area contributed by atoms with Gasteiger partial charge in [0, 0.05) is 67.2 Å². The van der Waals surface area contributed by atoms with Crippen LogP contribution in [0.4, 0.5) is 40.8 Å². The highest BCUT2D eigenvalue weighted by Crippen LogP contribution is 2.32. The van der Waals surface area contributed by atoms with Crippen LogP contribution in [0.2, 0.25) is 0 Å². The Morgan fingerprint density at radius 3 is 1.95 bits per heavy atom. The third-order valence-corrected chi connectivity index (χ3v) is 6.39. The Kier molecular flexibility index (Phi) is 10.1. The summed E-state index contributed by atoms with van der Waals surface area (Å²) >= 11 is 0. The van der Waals surface area contributed by atoms with Gasteiger partial charge in [0.1, 0.15) is 11.6 Å². The van der Waals surface area contributed by atoms with E-state index in [-0.39, 0.29) is 0 Å². The van der Waals surface area contributed by atoms with Gasteiger partial charge in [-0.05, 0) is 30.7 Å². The summed E-state index contributed by atoms with van der Waals surface area (Å²) in [4.78, 5) is 22.7. The predicted molar refractivity (Wildman–Crippen MR) is 132 cm³/mol. The molecule has 2 aliphatic rings. The Morgan fingerprint density at radius 2 is 1.43 bits per heavy atom. The molecule has 0 radical (unpaired) electrons. The number of alkyl halides is 6. The number of carboxylic acid groups (broad SMARTS) is 2. The Bertz CT molecular complexity index is 1330. The summed E-state index contributed by atoms with van der Waals surface area (Å²) in [7, 11) is 0.